The predicted molar refractivity (Wildman–Crippen MR) is 60.3 cm³/mol. The van der Waals surface area contributed by atoms with Crippen LogP contribution in [0, 0.1) is 11.8 Å². The summed E-state index contributed by atoms with van der Waals surface area (Å²) in [5, 5.41) is 3.10. The Morgan fingerprint density at radius 1 is 1.40 bits per heavy atom. The third-order valence-electron chi connectivity index (χ3n) is 3.68. The first-order chi connectivity index (χ1) is 7.16. The van der Waals surface area contributed by atoms with E-state index in [0.29, 0.717) is 6.04 Å². The summed E-state index contributed by atoms with van der Waals surface area (Å²) in [5.74, 6) is 1.14. The summed E-state index contributed by atoms with van der Waals surface area (Å²) < 4.78 is 0. The van der Waals surface area contributed by atoms with Crippen LogP contribution in [0.4, 0.5) is 0 Å². The van der Waals surface area contributed by atoms with Gasteiger partial charge in [-0.1, -0.05) is 19.3 Å². The normalized spacial score (nSPS) is 32.7. The van der Waals surface area contributed by atoms with Crippen molar-refractivity contribution in [1.82, 2.24) is 5.32 Å². The second-order valence-electron chi connectivity index (χ2n) is 5.29. The van der Waals surface area contributed by atoms with Crippen LogP contribution in [0.5, 0.6) is 0 Å². The molecule has 0 radical (unpaired) electrons. The Labute approximate surface area is 91.8 Å². The summed E-state index contributed by atoms with van der Waals surface area (Å²) in [7, 11) is 0. The van der Waals surface area contributed by atoms with Crippen molar-refractivity contribution >= 4 is 5.91 Å². The Hall–Kier alpha value is -0.570. The second-order valence-corrected chi connectivity index (χ2v) is 5.29. The standard InChI is InChI=1S/C12H22N2O/c1-8(7-9-5-6-9)14-12(15)10-3-2-4-11(10)13/h8-11H,2-7,13H2,1H3,(H,14,15). The molecule has 3 nitrogen and oxygen atoms in total. The average Bonchev–Trinajstić information content (AvgIpc) is 2.85. The Balaban J connectivity index is 1.74. The number of carbonyl (C=O) groups is 1. The van der Waals surface area contributed by atoms with Crippen LogP contribution in [0.1, 0.15) is 45.4 Å². The van der Waals surface area contributed by atoms with E-state index in [2.05, 4.69) is 12.2 Å². The molecule has 3 unspecified atom stereocenters. The molecule has 0 aromatic rings. The highest BCUT2D eigenvalue weighted by Gasteiger charge is 2.31. The maximum absolute atomic E-state index is 11.9. The molecular weight excluding hydrogens is 188 g/mol. The summed E-state index contributed by atoms with van der Waals surface area (Å²) in [4.78, 5) is 11.9. The molecule has 3 N–H and O–H groups in total. The molecule has 2 saturated carbocycles. The first-order valence-electron chi connectivity index (χ1n) is 6.22. The zero-order valence-corrected chi connectivity index (χ0v) is 9.54. The van der Waals surface area contributed by atoms with Gasteiger partial charge in [0.25, 0.3) is 0 Å². The van der Waals surface area contributed by atoms with Crippen LogP contribution in [-0.4, -0.2) is 18.0 Å². The van der Waals surface area contributed by atoms with Crippen molar-refractivity contribution in [3.63, 3.8) is 0 Å². The Morgan fingerprint density at radius 2 is 2.13 bits per heavy atom. The van der Waals surface area contributed by atoms with Crippen molar-refractivity contribution in [2.45, 2.75) is 57.5 Å². The highest BCUT2D eigenvalue weighted by atomic mass is 16.2. The molecule has 0 bridgehead atoms. The van der Waals surface area contributed by atoms with Gasteiger partial charge in [0.1, 0.15) is 0 Å². The molecule has 2 rings (SSSR count). The zero-order valence-electron chi connectivity index (χ0n) is 9.54. The molecular formula is C12H22N2O. The van der Waals surface area contributed by atoms with E-state index in [1.54, 1.807) is 0 Å². The Bertz CT molecular complexity index is 238. The van der Waals surface area contributed by atoms with Gasteiger partial charge in [0.15, 0.2) is 0 Å². The molecule has 0 saturated heterocycles. The maximum atomic E-state index is 11.9. The summed E-state index contributed by atoms with van der Waals surface area (Å²) in [6.45, 7) is 2.11. The second kappa shape index (κ2) is 4.52. The van der Waals surface area contributed by atoms with Crippen molar-refractivity contribution in [1.29, 1.82) is 0 Å². The molecule has 0 aromatic carbocycles. The van der Waals surface area contributed by atoms with Gasteiger partial charge in [-0.3, -0.25) is 4.79 Å². The van der Waals surface area contributed by atoms with E-state index in [9.17, 15) is 4.79 Å². The molecule has 3 atom stereocenters. The van der Waals surface area contributed by atoms with Gasteiger partial charge in [-0.15, -0.1) is 0 Å². The van der Waals surface area contributed by atoms with E-state index in [1.165, 1.54) is 12.8 Å². The smallest absolute Gasteiger partial charge is 0.224 e. The van der Waals surface area contributed by atoms with Crippen molar-refractivity contribution < 1.29 is 4.79 Å². The Kier molecular flexibility index (Phi) is 3.29. The van der Waals surface area contributed by atoms with E-state index in [0.717, 1.165) is 31.6 Å². The summed E-state index contributed by atoms with van der Waals surface area (Å²) in [6.07, 6.45) is 6.94. The molecule has 0 aromatic heterocycles. The van der Waals surface area contributed by atoms with Crippen molar-refractivity contribution in [3.8, 4) is 0 Å². The van der Waals surface area contributed by atoms with Crippen LogP contribution in [0.25, 0.3) is 0 Å². The monoisotopic (exact) mass is 210 g/mol. The molecule has 2 aliphatic rings. The predicted octanol–water partition coefficient (Wildman–Crippen LogP) is 1.42. The number of hydrogen-bond donors (Lipinski definition) is 2. The minimum absolute atomic E-state index is 0.0756. The van der Waals surface area contributed by atoms with Gasteiger partial charge in [-0.2, -0.15) is 0 Å². The first-order valence-corrected chi connectivity index (χ1v) is 6.22. The van der Waals surface area contributed by atoms with Gasteiger partial charge >= 0.3 is 0 Å². The molecule has 3 heteroatoms. The van der Waals surface area contributed by atoms with Gasteiger partial charge in [0.2, 0.25) is 5.91 Å². The third kappa shape index (κ3) is 2.94. The van der Waals surface area contributed by atoms with E-state index >= 15 is 0 Å². The molecule has 0 heterocycles. The lowest BCUT2D eigenvalue weighted by Crippen LogP contribution is -2.42. The molecule has 86 valence electrons. The fourth-order valence-electron chi connectivity index (χ4n) is 2.58. The van der Waals surface area contributed by atoms with Crippen molar-refractivity contribution in [3.05, 3.63) is 0 Å². The minimum Gasteiger partial charge on any atom is -0.353 e. The quantitative estimate of drug-likeness (QED) is 0.737. The van der Waals surface area contributed by atoms with Gasteiger partial charge in [-0.05, 0) is 32.1 Å². The van der Waals surface area contributed by atoms with Crippen LogP contribution in [0.2, 0.25) is 0 Å². The fourth-order valence-corrected chi connectivity index (χ4v) is 2.58. The SMILES string of the molecule is CC(CC1CC1)NC(=O)C1CCCC1N. The highest BCUT2D eigenvalue weighted by molar-refractivity contribution is 5.79. The topological polar surface area (TPSA) is 55.1 Å². The number of amides is 1. The summed E-state index contributed by atoms with van der Waals surface area (Å²) in [6, 6.07) is 0.427. The molecule has 1 amide bonds. The van der Waals surface area contributed by atoms with Crippen LogP contribution in [-0.2, 0) is 4.79 Å². The lowest BCUT2D eigenvalue weighted by Gasteiger charge is -2.19. The number of nitrogens with two attached hydrogens (primary N) is 1. The zero-order chi connectivity index (χ0) is 10.8. The fraction of sp³-hybridized carbons (Fsp3) is 0.917. The van der Waals surface area contributed by atoms with Crippen LogP contribution >= 0.6 is 0 Å². The average molecular weight is 210 g/mol. The minimum atomic E-state index is 0.0756. The van der Waals surface area contributed by atoms with E-state index < -0.39 is 0 Å². The van der Waals surface area contributed by atoms with Crippen molar-refractivity contribution in [2.24, 2.45) is 17.6 Å². The molecule has 0 spiro atoms. The number of nitrogens with one attached hydrogen (secondary N) is 1. The summed E-state index contributed by atoms with van der Waals surface area (Å²) >= 11 is 0. The van der Waals surface area contributed by atoms with Crippen LogP contribution in [0.3, 0.4) is 0 Å². The maximum Gasteiger partial charge on any atom is 0.224 e. The lowest BCUT2D eigenvalue weighted by molar-refractivity contribution is -0.125. The van der Waals surface area contributed by atoms with E-state index in [-0.39, 0.29) is 17.9 Å². The van der Waals surface area contributed by atoms with E-state index in [1.807, 2.05) is 0 Å². The Morgan fingerprint density at radius 3 is 2.67 bits per heavy atom. The molecule has 0 aliphatic heterocycles. The molecule has 2 aliphatic carbocycles. The third-order valence-corrected chi connectivity index (χ3v) is 3.68. The number of carbonyl (C=O) groups excluding carboxylic acids is 1. The van der Waals surface area contributed by atoms with Gasteiger partial charge in [0, 0.05) is 12.1 Å². The van der Waals surface area contributed by atoms with Gasteiger partial charge in [-0.25, -0.2) is 0 Å². The number of rotatable bonds is 4. The highest BCUT2D eigenvalue weighted by Crippen LogP contribution is 2.33. The van der Waals surface area contributed by atoms with Crippen LogP contribution < -0.4 is 11.1 Å². The van der Waals surface area contributed by atoms with Crippen molar-refractivity contribution in [2.75, 3.05) is 0 Å². The molecule has 15 heavy (non-hydrogen) atoms. The molecule has 2 fully saturated rings. The first kappa shape index (κ1) is 10.9. The number of hydrogen-bond acceptors (Lipinski definition) is 2. The van der Waals surface area contributed by atoms with E-state index in [4.69, 9.17) is 5.73 Å². The summed E-state index contributed by atoms with van der Waals surface area (Å²) in [5.41, 5.74) is 5.91. The lowest BCUT2D eigenvalue weighted by atomic mass is 10.0. The van der Waals surface area contributed by atoms with Crippen LogP contribution in [0.15, 0.2) is 0 Å². The van der Waals surface area contributed by atoms with Gasteiger partial charge < -0.3 is 11.1 Å². The largest absolute Gasteiger partial charge is 0.353 e. The van der Waals surface area contributed by atoms with Gasteiger partial charge in [0.05, 0.1) is 5.92 Å².